The molecule has 9 aromatic carbocycles. The minimum Gasteiger partial charge on any atom is -0.455 e. The van der Waals surface area contributed by atoms with E-state index < -0.39 is 0 Å². The molecule has 2 aromatic heterocycles. The maximum absolute atomic E-state index is 6.39. The van der Waals surface area contributed by atoms with Gasteiger partial charge in [-0.05, 0) is 78.7 Å². The standard InChI is InChI=1S/C55H35NO/c1-3-14-45-37(10-1)12-7-17-47(45)39-24-22-36(23-25-39)44-34-52(42-30-26-40(27-31-42)48-18-8-13-38-11-2-4-15-46(38)48)56-53(35-44)43-32-28-41(29-33-43)49-19-9-20-51-50-16-5-6-21-54(50)57-55(49)51/h1-35H. The van der Waals surface area contributed by atoms with Crippen LogP contribution in [0.5, 0.6) is 0 Å². The number of rotatable bonds is 6. The fourth-order valence-electron chi connectivity index (χ4n) is 8.41. The van der Waals surface area contributed by atoms with Crippen LogP contribution in [0.25, 0.3) is 111 Å². The van der Waals surface area contributed by atoms with Crippen LogP contribution in [0.1, 0.15) is 0 Å². The average Bonchev–Trinajstić information content (AvgIpc) is 3.68. The molecule has 0 amide bonds. The van der Waals surface area contributed by atoms with Crippen LogP contribution in [0.2, 0.25) is 0 Å². The maximum Gasteiger partial charge on any atom is 0.143 e. The molecular weight excluding hydrogens is 691 g/mol. The number of benzene rings is 9. The molecule has 0 fully saturated rings. The maximum atomic E-state index is 6.39. The van der Waals surface area contributed by atoms with Crippen molar-refractivity contribution in [3.8, 4) is 67.0 Å². The lowest BCUT2D eigenvalue weighted by molar-refractivity contribution is 0.670. The number of furan rings is 1. The van der Waals surface area contributed by atoms with E-state index in [0.29, 0.717) is 0 Å². The second kappa shape index (κ2) is 13.6. The topological polar surface area (TPSA) is 26.0 Å². The van der Waals surface area contributed by atoms with Crippen LogP contribution in [0, 0.1) is 0 Å². The van der Waals surface area contributed by atoms with Gasteiger partial charge < -0.3 is 4.42 Å². The lowest BCUT2D eigenvalue weighted by Gasteiger charge is -2.13. The van der Waals surface area contributed by atoms with Gasteiger partial charge in [0.15, 0.2) is 0 Å². The Balaban J connectivity index is 0.997. The van der Waals surface area contributed by atoms with Crippen LogP contribution in [-0.2, 0) is 0 Å². The molecule has 57 heavy (non-hydrogen) atoms. The van der Waals surface area contributed by atoms with Gasteiger partial charge >= 0.3 is 0 Å². The average molecular weight is 726 g/mol. The SMILES string of the molecule is c1ccc2c(-c3ccc(-c4cc(-c5ccc(-c6cccc7ccccc67)cc5)nc(-c5ccc(-c6cccc7c6oc6ccccc67)cc5)c4)cc3)cccc2c1. The molecule has 0 bridgehead atoms. The molecule has 11 rings (SSSR count). The zero-order valence-electron chi connectivity index (χ0n) is 31.1. The third-order valence-corrected chi connectivity index (χ3v) is 11.3. The van der Waals surface area contributed by atoms with E-state index in [2.05, 4.69) is 200 Å². The smallest absolute Gasteiger partial charge is 0.143 e. The van der Waals surface area contributed by atoms with Crippen LogP contribution in [-0.4, -0.2) is 4.98 Å². The van der Waals surface area contributed by atoms with E-state index in [1.807, 2.05) is 12.1 Å². The number of pyridine rings is 1. The van der Waals surface area contributed by atoms with Gasteiger partial charge in [-0.15, -0.1) is 0 Å². The fourth-order valence-corrected chi connectivity index (χ4v) is 8.41. The number of aromatic nitrogens is 1. The molecule has 2 heteroatoms. The van der Waals surface area contributed by atoms with Gasteiger partial charge in [0.2, 0.25) is 0 Å². The van der Waals surface area contributed by atoms with Crippen molar-refractivity contribution >= 4 is 43.5 Å². The second-order valence-corrected chi connectivity index (χ2v) is 14.7. The number of fused-ring (bicyclic) bond motifs is 5. The van der Waals surface area contributed by atoms with Gasteiger partial charge in [-0.2, -0.15) is 0 Å². The van der Waals surface area contributed by atoms with Gasteiger partial charge in [0, 0.05) is 27.5 Å². The minimum absolute atomic E-state index is 0.903. The van der Waals surface area contributed by atoms with Crippen LogP contribution < -0.4 is 0 Å². The third-order valence-electron chi connectivity index (χ3n) is 11.3. The van der Waals surface area contributed by atoms with E-state index in [4.69, 9.17) is 9.40 Å². The van der Waals surface area contributed by atoms with E-state index >= 15 is 0 Å². The molecule has 266 valence electrons. The predicted octanol–water partition coefficient (Wildman–Crippen LogP) is 15.3. The first-order valence-electron chi connectivity index (χ1n) is 19.4. The van der Waals surface area contributed by atoms with Crippen molar-refractivity contribution in [1.82, 2.24) is 4.98 Å². The molecule has 0 aliphatic rings. The van der Waals surface area contributed by atoms with E-state index in [-0.39, 0.29) is 0 Å². The van der Waals surface area contributed by atoms with Gasteiger partial charge in [0.25, 0.3) is 0 Å². The third kappa shape index (κ3) is 5.87. The zero-order valence-corrected chi connectivity index (χ0v) is 31.1. The number of para-hydroxylation sites is 2. The highest BCUT2D eigenvalue weighted by Crippen LogP contribution is 2.38. The molecule has 0 aliphatic carbocycles. The summed E-state index contributed by atoms with van der Waals surface area (Å²) < 4.78 is 6.39. The van der Waals surface area contributed by atoms with E-state index in [9.17, 15) is 0 Å². The molecule has 0 unspecified atom stereocenters. The van der Waals surface area contributed by atoms with Crippen LogP contribution in [0.15, 0.2) is 217 Å². The Kier molecular flexibility index (Phi) is 7.86. The van der Waals surface area contributed by atoms with Gasteiger partial charge in [-0.25, -0.2) is 4.98 Å². The molecule has 0 spiro atoms. The predicted molar refractivity (Wildman–Crippen MR) is 239 cm³/mol. The van der Waals surface area contributed by atoms with Crippen molar-refractivity contribution in [1.29, 1.82) is 0 Å². The second-order valence-electron chi connectivity index (χ2n) is 14.7. The van der Waals surface area contributed by atoms with Crippen molar-refractivity contribution in [2.45, 2.75) is 0 Å². The van der Waals surface area contributed by atoms with Crippen LogP contribution in [0.4, 0.5) is 0 Å². The van der Waals surface area contributed by atoms with Gasteiger partial charge in [0.1, 0.15) is 11.2 Å². The first kappa shape index (κ1) is 32.8. The van der Waals surface area contributed by atoms with Crippen molar-refractivity contribution in [2.24, 2.45) is 0 Å². The molecule has 0 radical (unpaired) electrons. The van der Waals surface area contributed by atoms with Gasteiger partial charge in [-0.3, -0.25) is 0 Å². The van der Waals surface area contributed by atoms with Crippen molar-refractivity contribution in [3.63, 3.8) is 0 Å². The molecule has 2 nitrogen and oxygen atoms in total. The summed E-state index contributed by atoms with van der Waals surface area (Å²) in [4.78, 5) is 5.31. The monoisotopic (exact) mass is 725 g/mol. The van der Waals surface area contributed by atoms with Gasteiger partial charge in [0.05, 0.1) is 11.4 Å². The molecule has 0 saturated carbocycles. The van der Waals surface area contributed by atoms with Gasteiger partial charge in [-0.1, -0.05) is 194 Å². The summed E-state index contributed by atoms with van der Waals surface area (Å²) in [5.41, 5.74) is 15.1. The largest absolute Gasteiger partial charge is 0.455 e. The molecule has 0 atom stereocenters. The minimum atomic E-state index is 0.903. The van der Waals surface area contributed by atoms with E-state index in [1.54, 1.807) is 0 Å². The lowest BCUT2D eigenvalue weighted by atomic mass is 9.94. The Hall–Kier alpha value is -7.55. The first-order chi connectivity index (χ1) is 28.2. The van der Waals surface area contributed by atoms with Crippen LogP contribution >= 0.6 is 0 Å². The fraction of sp³-hybridized carbons (Fsp3) is 0. The normalized spacial score (nSPS) is 11.5. The summed E-state index contributed by atoms with van der Waals surface area (Å²) in [6.07, 6.45) is 0. The highest BCUT2D eigenvalue weighted by atomic mass is 16.3. The Morgan fingerprint density at radius 1 is 0.281 bits per heavy atom. The summed E-state index contributed by atoms with van der Waals surface area (Å²) in [7, 11) is 0. The Morgan fingerprint density at radius 2 is 0.684 bits per heavy atom. The van der Waals surface area contributed by atoms with Crippen molar-refractivity contribution in [3.05, 3.63) is 212 Å². The highest BCUT2D eigenvalue weighted by molar-refractivity contribution is 6.09. The summed E-state index contributed by atoms with van der Waals surface area (Å²) in [6, 6.07) is 75.8. The number of nitrogens with zero attached hydrogens (tertiary/aromatic N) is 1. The van der Waals surface area contributed by atoms with Crippen LogP contribution in [0.3, 0.4) is 0 Å². The Bertz CT molecular complexity index is 3110. The summed E-state index contributed by atoms with van der Waals surface area (Å²) in [5.74, 6) is 0. The van der Waals surface area contributed by atoms with E-state index in [0.717, 1.165) is 66.7 Å². The molecule has 0 saturated heterocycles. The lowest BCUT2D eigenvalue weighted by Crippen LogP contribution is -1.92. The highest BCUT2D eigenvalue weighted by Gasteiger charge is 2.14. The first-order valence-corrected chi connectivity index (χ1v) is 19.4. The molecule has 2 heterocycles. The number of hydrogen-bond acceptors (Lipinski definition) is 2. The quantitative estimate of drug-likeness (QED) is 0.171. The molecule has 0 N–H and O–H groups in total. The Morgan fingerprint density at radius 3 is 1.26 bits per heavy atom. The summed E-state index contributed by atoms with van der Waals surface area (Å²) in [6.45, 7) is 0. The summed E-state index contributed by atoms with van der Waals surface area (Å²) in [5, 5.41) is 7.26. The zero-order chi connectivity index (χ0) is 37.7. The number of hydrogen-bond donors (Lipinski definition) is 0. The van der Waals surface area contributed by atoms with Crippen molar-refractivity contribution in [2.75, 3.05) is 0 Å². The molecule has 0 aliphatic heterocycles. The van der Waals surface area contributed by atoms with E-state index in [1.165, 1.54) is 43.8 Å². The molecule has 11 aromatic rings. The molecular formula is C55H35NO. The van der Waals surface area contributed by atoms with Crippen molar-refractivity contribution < 1.29 is 4.42 Å². The Labute approximate surface area is 331 Å². The summed E-state index contributed by atoms with van der Waals surface area (Å²) >= 11 is 0.